The fourth-order valence-corrected chi connectivity index (χ4v) is 8.34. The van der Waals surface area contributed by atoms with E-state index in [-0.39, 0.29) is 42.4 Å². The first-order valence-electron chi connectivity index (χ1n) is 16.2. The lowest BCUT2D eigenvalue weighted by molar-refractivity contribution is -0.135. The van der Waals surface area contributed by atoms with E-state index in [0.717, 1.165) is 23.0 Å². The van der Waals surface area contributed by atoms with Gasteiger partial charge in [-0.3, -0.25) is 19.2 Å². The van der Waals surface area contributed by atoms with Crippen molar-refractivity contribution in [3.05, 3.63) is 76.2 Å². The highest BCUT2D eigenvalue weighted by atomic mass is 16.5. The van der Waals surface area contributed by atoms with Crippen LogP contribution >= 0.6 is 0 Å². The maximum atomic E-state index is 13.5. The molecule has 238 valence electrons. The van der Waals surface area contributed by atoms with Crippen molar-refractivity contribution in [1.82, 2.24) is 15.2 Å². The number of ether oxygens (including phenoxy) is 1. The fourth-order valence-electron chi connectivity index (χ4n) is 8.34. The van der Waals surface area contributed by atoms with Crippen LogP contribution in [0.5, 0.6) is 0 Å². The zero-order chi connectivity index (χ0) is 31.5. The lowest BCUT2D eigenvalue weighted by Crippen LogP contribution is -2.56. The number of hydrogen-bond acceptors (Lipinski definition) is 6. The van der Waals surface area contributed by atoms with Crippen molar-refractivity contribution < 1.29 is 23.9 Å². The highest BCUT2D eigenvalue weighted by molar-refractivity contribution is 5.97. The molecule has 1 aromatic heterocycles. The molecule has 0 unspecified atom stereocenters. The first-order valence-corrected chi connectivity index (χ1v) is 16.2. The third-order valence-corrected chi connectivity index (χ3v) is 10.3. The van der Waals surface area contributed by atoms with Gasteiger partial charge in [-0.1, -0.05) is 30.3 Å². The van der Waals surface area contributed by atoms with Gasteiger partial charge in [0.15, 0.2) is 0 Å². The van der Waals surface area contributed by atoms with E-state index in [1.807, 2.05) is 24.3 Å². The molecule has 0 aliphatic heterocycles. The van der Waals surface area contributed by atoms with E-state index >= 15 is 0 Å². The molecule has 10 nitrogen and oxygen atoms in total. The Morgan fingerprint density at radius 1 is 0.956 bits per heavy atom. The molecule has 10 heteroatoms. The lowest BCUT2D eigenvalue weighted by Gasteiger charge is -2.54. The number of allylic oxidation sites excluding steroid dienone is 1. The van der Waals surface area contributed by atoms with Crippen LogP contribution in [0.2, 0.25) is 0 Å². The number of pyridine rings is 1. The Bertz CT molecular complexity index is 1490. The zero-order valence-electron chi connectivity index (χ0n) is 25.7. The summed E-state index contributed by atoms with van der Waals surface area (Å²) < 4.78 is 5.93. The second-order valence-corrected chi connectivity index (χ2v) is 13.3. The molecule has 1 atom stereocenters. The first kappa shape index (κ1) is 30.8. The average Bonchev–Trinajstić information content (AvgIpc) is 3.46. The van der Waals surface area contributed by atoms with Crippen molar-refractivity contribution >= 4 is 29.4 Å². The number of carbonyl (C=O) groups excluding carboxylic acids is 4. The van der Waals surface area contributed by atoms with Crippen LogP contribution in [0.15, 0.2) is 59.5 Å². The Balaban J connectivity index is 1.09. The van der Waals surface area contributed by atoms with E-state index in [4.69, 9.17) is 0 Å². The monoisotopic (exact) mass is 614 g/mol. The Hall–Kier alpha value is -4.21. The summed E-state index contributed by atoms with van der Waals surface area (Å²) in [7, 11) is 1.28. The van der Waals surface area contributed by atoms with Crippen LogP contribution in [0.3, 0.4) is 0 Å². The van der Waals surface area contributed by atoms with Gasteiger partial charge in [-0.2, -0.15) is 0 Å². The number of carbonyl (C=O) groups is 4. The van der Waals surface area contributed by atoms with Crippen LogP contribution in [-0.2, 0) is 43.3 Å². The molecule has 1 heterocycles. The highest BCUT2D eigenvalue weighted by Gasteiger charge is 2.48. The quantitative estimate of drug-likeness (QED) is 0.263. The molecule has 5 aliphatic rings. The second kappa shape index (κ2) is 13.4. The number of nitrogens with one attached hydrogen (secondary N) is 3. The van der Waals surface area contributed by atoms with E-state index in [1.54, 1.807) is 18.3 Å². The minimum absolute atomic E-state index is 0.0301. The highest BCUT2D eigenvalue weighted by Crippen LogP contribution is 2.53. The van der Waals surface area contributed by atoms with E-state index in [2.05, 4.69) is 20.7 Å². The van der Waals surface area contributed by atoms with Crippen LogP contribution in [-0.4, -0.2) is 47.5 Å². The molecular formula is C35H42N4O6. The molecule has 0 spiro atoms. The number of aromatic nitrogens is 1. The topological polar surface area (TPSA) is 136 Å². The van der Waals surface area contributed by atoms with E-state index in [9.17, 15) is 24.0 Å². The zero-order valence-corrected chi connectivity index (χ0v) is 25.7. The summed E-state index contributed by atoms with van der Waals surface area (Å²) in [6.07, 6.45) is 12.2. The third-order valence-electron chi connectivity index (χ3n) is 10.3. The Morgan fingerprint density at radius 3 is 2.27 bits per heavy atom. The lowest BCUT2D eigenvalue weighted by atomic mass is 9.54. The number of esters is 1. The van der Waals surface area contributed by atoms with Gasteiger partial charge < -0.3 is 25.3 Å². The van der Waals surface area contributed by atoms with Crippen molar-refractivity contribution in [3.63, 3.8) is 0 Å². The van der Waals surface area contributed by atoms with Gasteiger partial charge in [0.2, 0.25) is 17.7 Å². The fraction of sp³-hybridized carbons (Fsp3) is 0.514. The smallest absolute Gasteiger partial charge is 0.330 e. The normalized spacial score (nSPS) is 25.5. The summed E-state index contributed by atoms with van der Waals surface area (Å²) >= 11 is 0. The molecular weight excluding hydrogens is 572 g/mol. The maximum absolute atomic E-state index is 13.5. The summed E-state index contributed by atoms with van der Waals surface area (Å²) in [5.41, 5.74) is 1.78. The number of rotatable bonds is 11. The largest absolute Gasteiger partial charge is 0.466 e. The molecule has 7 rings (SSSR count). The van der Waals surface area contributed by atoms with E-state index in [1.165, 1.54) is 55.9 Å². The van der Waals surface area contributed by atoms with Crippen LogP contribution in [0.4, 0.5) is 5.69 Å². The number of nitrogens with zero attached hydrogens (tertiary/aromatic N) is 1. The second-order valence-electron chi connectivity index (χ2n) is 13.3. The first-order chi connectivity index (χ1) is 21.8. The van der Waals surface area contributed by atoms with Gasteiger partial charge in [0.1, 0.15) is 18.3 Å². The van der Waals surface area contributed by atoms with Crippen molar-refractivity contribution in [2.45, 2.75) is 76.4 Å². The molecule has 45 heavy (non-hydrogen) atoms. The molecule has 1 aromatic carbocycles. The van der Waals surface area contributed by atoms with Gasteiger partial charge in [-0.15, -0.1) is 0 Å². The number of benzene rings is 1. The molecule has 4 fully saturated rings. The van der Waals surface area contributed by atoms with Crippen molar-refractivity contribution in [1.29, 1.82) is 0 Å². The van der Waals surface area contributed by atoms with Gasteiger partial charge in [0.05, 0.1) is 7.11 Å². The minimum atomic E-state index is -0.947. The van der Waals surface area contributed by atoms with Crippen LogP contribution in [0, 0.1) is 29.6 Å². The Morgan fingerprint density at radius 2 is 1.62 bits per heavy atom. The van der Waals surface area contributed by atoms with Gasteiger partial charge in [-0.05, 0) is 105 Å². The predicted molar refractivity (Wildman–Crippen MR) is 168 cm³/mol. The Labute approximate surface area is 263 Å². The molecule has 2 aromatic rings. The van der Waals surface area contributed by atoms with Gasteiger partial charge in [-0.25, -0.2) is 4.79 Å². The Kier molecular flexibility index (Phi) is 9.19. The summed E-state index contributed by atoms with van der Waals surface area (Å²) in [5.74, 6) is 0.866. The third kappa shape index (κ3) is 7.05. The van der Waals surface area contributed by atoms with Gasteiger partial charge in [0.25, 0.3) is 5.56 Å². The predicted octanol–water partition coefficient (Wildman–Crippen LogP) is 3.14. The van der Waals surface area contributed by atoms with Crippen molar-refractivity contribution in [2.75, 3.05) is 12.4 Å². The summed E-state index contributed by atoms with van der Waals surface area (Å²) in [6, 6.07) is 10.3. The maximum Gasteiger partial charge on any atom is 0.330 e. The molecule has 4 saturated carbocycles. The summed E-state index contributed by atoms with van der Waals surface area (Å²) in [6.45, 7) is -0.133. The molecule has 5 aliphatic carbocycles. The standard InChI is InChI=1S/C35H42N4O6/c1-45-31(41)11-5-4-9-28(36-33(42)27-18-23-7-2-3-8-24(23)19-27)34(43)37-29-10-6-12-39(35(29)44)20-30(40)38-32-25-14-21-13-22(16-25)17-26(32)15-21/h2-3,5-8,10-12,21-22,25-28,32H,4,9,13-20H2,1H3,(H,36,42)(H,37,43)(H,38,40)/b11-5+/t21?,22?,25?,26?,28-,32?/m0/s1. The van der Waals surface area contributed by atoms with Crippen molar-refractivity contribution in [3.8, 4) is 0 Å². The van der Waals surface area contributed by atoms with E-state index in [0.29, 0.717) is 31.1 Å². The molecule has 4 bridgehead atoms. The number of amides is 3. The summed E-state index contributed by atoms with van der Waals surface area (Å²) in [5, 5.41) is 8.81. The number of anilines is 1. The number of fused-ring (bicyclic) bond motifs is 1. The minimum Gasteiger partial charge on any atom is -0.466 e. The van der Waals surface area contributed by atoms with Crippen LogP contribution < -0.4 is 21.5 Å². The van der Waals surface area contributed by atoms with Crippen LogP contribution in [0.25, 0.3) is 0 Å². The summed E-state index contributed by atoms with van der Waals surface area (Å²) in [4.78, 5) is 64.7. The molecule has 0 radical (unpaired) electrons. The van der Waals surface area contributed by atoms with Gasteiger partial charge >= 0.3 is 5.97 Å². The van der Waals surface area contributed by atoms with E-state index < -0.39 is 23.5 Å². The van der Waals surface area contributed by atoms with Gasteiger partial charge in [0, 0.05) is 24.2 Å². The number of methoxy groups -OCH3 is 1. The number of hydrogen-bond donors (Lipinski definition) is 3. The molecule has 3 N–H and O–H groups in total. The SMILES string of the molecule is COC(=O)/C=C/CC[C@H](NC(=O)C1Cc2ccccc2C1)C(=O)Nc1cccn(CC(=O)NC2C3CC4CC(C3)CC2C4)c1=O. The van der Waals surface area contributed by atoms with Crippen LogP contribution in [0.1, 0.15) is 56.1 Å². The molecule has 3 amide bonds. The average molecular weight is 615 g/mol. The molecule has 0 saturated heterocycles. The van der Waals surface area contributed by atoms with Crippen molar-refractivity contribution in [2.24, 2.45) is 29.6 Å².